The molecule has 0 bridgehead atoms. The number of ether oxygens (including phenoxy) is 1. The van der Waals surface area contributed by atoms with Gasteiger partial charge in [-0.2, -0.15) is 0 Å². The lowest BCUT2D eigenvalue weighted by Gasteiger charge is -2.08. The van der Waals surface area contributed by atoms with Crippen LogP contribution in [-0.2, 0) is 11.3 Å². The largest absolute Gasteiger partial charge is 0.493 e. The minimum atomic E-state index is -0.0503. The van der Waals surface area contributed by atoms with Gasteiger partial charge in [0.15, 0.2) is 0 Å². The molecule has 4 nitrogen and oxygen atoms in total. The van der Waals surface area contributed by atoms with Crippen LogP contribution in [0.5, 0.6) is 5.75 Å². The van der Waals surface area contributed by atoms with E-state index in [1.54, 1.807) is 35.6 Å². The molecule has 4 aromatic rings. The molecule has 1 aromatic heterocycles. The Hall–Kier alpha value is -3.15. The van der Waals surface area contributed by atoms with E-state index in [1.807, 2.05) is 24.3 Å². The SMILES string of the molecule is Cc1ccc(-c2csc(-c3ccc(CNC(=O)CCOc4ccc(Cl)cc4)cc3)n2)cc1. The van der Waals surface area contributed by atoms with Crippen molar-refractivity contribution in [2.45, 2.75) is 19.9 Å². The van der Waals surface area contributed by atoms with E-state index in [-0.39, 0.29) is 5.91 Å². The lowest BCUT2D eigenvalue weighted by Crippen LogP contribution is -2.24. The number of carbonyl (C=O) groups is 1. The summed E-state index contributed by atoms with van der Waals surface area (Å²) in [5.41, 5.74) is 5.46. The molecule has 0 unspecified atom stereocenters. The van der Waals surface area contributed by atoms with Gasteiger partial charge in [0.2, 0.25) is 5.91 Å². The third-order valence-electron chi connectivity index (χ3n) is 4.95. The quantitative estimate of drug-likeness (QED) is 0.324. The van der Waals surface area contributed by atoms with Gasteiger partial charge in [0, 0.05) is 28.1 Å². The van der Waals surface area contributed by atoms with Crippen molar-refractivity contribution in [1.29, 1.82) is 0 Å². The van der Waals surface area contributed by atoms with Crippen LogP contribution in [0.4, 0.5) is 0 Å². The molecule has 3 aromatic carbocycles. The maximum atomic E-state index is 12.1. The highest BCUT2D eigenvalue weighted by molar-refractivity contribution is 7.13. The molecule has 0 radical (unpaired) electrons. The monoisotopic (exact) mass is 462 g/mol. The molecule has 1 amide bonds. The first-order valence-electron chi connectivity index (χ1n) is 10.3. The van der Waals surface area contributed by atoms with Gasteiger partial charge in [-0.1, -0.05) is 65.7 Å². The van der Waals surface area contributed by atoms with Gasteiger partial charge >= 0.3 is 0 Å². The molecule has 0 spiro atoms. The summed E-state index contributed by atoms with van der Waals surface area (Å²) in [5.74, 6) is 0.649. The number of nitrogens with zero attached hydrogens (tertiary/aromatic N) is 1. The predicted molar refractivity (Wildman–Crippen MR) is 131 cm³/mol. The number of aryl methyl sites for hydroxylation is 1. The van der Waals surface area contributed by atoms with Crippen LogP contribution in [0.15, 0.2) is 78.2 Å². The highest BCUT2D eigenvalue weighted by Gasteiger charge is 2.08. The number of halogens is 1. The van der Waals surface area contributed by atoms with Crippen LogP contribution in [0.1, 0.15) is 17.5 Å². The third kappa shape index (κ3) is 5.96. The van der Waals surface area contributed by atoms with Gasteiger partial charge in [-0.25, -0.2) is 4.98 Å². The number of nitrogens with one attached hydrogen (secondary N) is 1. The summed E-state index contributed by atoms with van der Waals surface area (Å²) in [5, 5.41) is 6.65. The molecule has 1 N–H and O–H groups in total. The second-order valence-electron chi connectivity index (χ2n) is 7.43. The number of rotatable bonds is 8. The van der Waals surface area contributed by atoms with Crippen molar-refractivity contribution in [2.75, 3.05) is 6.61 Å². The molecule has 32 heavy (non-hydrogen) atoms. The molecular weight excluding hydrogens is 440 g/mol. The Labute approximate surface area is 196 Å². The molecule has 0 saturated carbocycles. The summed E-state index contributed by atoms with van der Waals surface area (Å²) in [6, 6.07) is 23.6. The summed E-state index contributed by atoms with van der Waals surface area (Å²) < 4.78 is 5.56. The molecule has 0 saturated heterocycles. The molecular formula is C26H23ClN2O2S. The topological polar surface area (TPSA) is 51.2 Å². The van der Waals surface area contributed by atoms with Gasteiger partial charge in [-0.15, -0.1) is 11.3 Å². The van der Waals surface area contributed by atoms with Crippen LogP contribution in [-0.4, -0.2) is 17.5 Å². The number of benzene rings is 3. The van der Waals surface area contributed by atoms with Crippen molar-refractivity contribution in [3.8, 4) is 27.6 Å². The first kappa shape index (κ1) is 22.1. The Morgan fingerprint density at radius 1 is 0.969 bits per heavy atom. The van der Waals surface area contributed by atoms with Crippen LogP contribution in [0.3, 0.4) is 0 Å². The van der Waals surface area contributed by atoms with Crippen LogP contribution in [0.2, 0.25) is 5.02 Å². The predicted octanol–water partition coefficient (Wildman–Crippen LogP) is 6.52. The Bertz CT molecular complexity index is 1170. The van der Waals surface area contributed by atoms with Gasteiger partial charge in [0.1, 0.15) is 10.8 Å². The van der Waals surface area contributed by atoms with E-state index in [2.05, 4.69) is 41.9 Å². The second-order valence-corrected chi connectivity index (χ2v) is 8.72. The average Bonchev–Trinajstić information content (AvgIpc) is 3.30. The van der Waals surface area contributed by atoms with Crippen LogP contribution >= 0.6 is 22.9 Å². The maximum absolute atomic E-state index is 12.1. The Morgan fingerprint density at radius 2 is 1.66 bits per heavy atom. The molecule has 162 valence electrons. The van der Waals surface area contributed by atoms with E-state index < -0.39 is 0 Å². The second kappa shape index (κ2) is 10.4. The fourth-order valence-corrected chi connectivity index (χ4v) is 4.07. The third-order valence-corrected chi connectivity index (χ3v) is 6.10. The van der Waals surface area contributed by atoms with E-state index in [0.717, 1.165) is 27.4 Å². The smallest absolute Gasteiger partial charge is 0.223 e. The van der Waals surface area contributed by atoms with Crippen molar-refractivity contribution >= 4 is 28.8 Å². The van der Waals surface area contributed by atoms with Crippen molar-refractivity contribution < 1.29 is 9.53 Å². The molecule has 0 aliphatic rings. The Kier molecular flexibility index (Phi) is 7.20. The van der Waals surface area contributed by atoms with Crippen LogP contribution in [0.25, 0.3) is 21.8 Å². The number of carbonyl (C=O) groups excluding carboxylic acids is 1. The zero-order valence-corrected chi connectivity index (χ0v) is 19.2. The fraction of sp³-hybridized carbons (Fsp3) is 0.154. The van der Waals surface area contributed by atoms with Crippen LogP contribution in [0, 0.1) is 6.92 Å². The minimum Gasteiger partial charge on any atom is -0.493 e. The number of amides is 1. The Morgan fingerprint density at radius 3 is 2.38 bits per heavy atom. The summed E-state index contributed by atoms with van der Waals surface area (Å²) in [6.45, 7) is 2.88. The van der Waals surface area contributed by atoms with Gasteiger partial charge in [0.05, 0.1) is 18.7 Å². The van der Waals surface area contributed by atoms with Crippen molar-refractivity contribution in [1.82, 2.24) is 10.3 Å². The molecule has 1 heterocycles. The van der Waals surface area contributed by atoms with Crippen molar-refractivity contribution in [3.63, 3.8) is 0 Å². The number of hydrogen-bond donors (Lipinski definition) is 1. The van der Waals surface area contributed by atoms with Gasteiger partial charge in [0.25, 0.3) is 0 Å². The average molecular weight is 463 g/mol. The van der Waals surface area contributed by atoms with Gasteiger partial charge < -0.3 is 10.1 Å². The maximum Gasteiger partial charge on any atom is 0.223 e. The minimum absolute atomic E-state index is 0.0503. The van der Waals surface area contributed by atoms with E-state index in [0.29, 0.717) is 30.3 Å². The van der Waals surface area contributed by atoms with Gasteiger partial charge in [-0.3, -0.25) is 4.79 Å². The number of aromatic nitrogens is 1. The Balaban J connectivity index is 1.26. The zero-order chi connectivity index (χ0) is 22.3. The summed E-state index contributed by atoms with van der Waals surface area (Å²) in [7, 11) is 0. The highest BCUT2D eigenvalue weighted by Crippen LogP contribution is 2.29. The normalized spacial score (nSPS) is 10.7. The fourth-order valence-electron chi connectivity index (χ4n) is 3.11. The van der Waals surface area contributed by atoms with E-state index in [9.17, 15) is 4.79 Å². The molecule has 0 atom stereocenters. The lowest BCUT2D eigenvalue weighted by molar-refractivity contribution is -0.121. The first-order chi connectivity index (χ1) is 15.6. The van der Waals surface area contributed by atoms with Gasteiger partial charge in [-0.05, 0) is 36.8 Å². The number of thiazole rings is 1. The van der Waals surface area contributed by atoms with E-state index in [4.69, 9.17) is 21.3 Å². The molecule has 4 rings (SSSR count). The van der Waals surface area contributed by atoms with Crippen molar-refractivity contribution in [2.24, 2.45) is 0 Å². The summed E-state index contributed by atoms with van der Waals surface area (Å²) in [4.78, 5) is 16.9. The molecule has 0 aliphatic heterocycles. The highest BCUT2D eigenvalue weighted by atomic mass is 35.5. The standard InChI is InChI=1S/C26H23ClN2O2S/c1-18-2-6-20(7-3-18)24-17-32-26(29-24)21-8-4-19(5-9-21)16-28-25(30)14-15-31-23-12-10-22(27)11-13-23/h2-13,17H,14-16H2,1H3,(H,28,30). The summed E-state index contributed by atoms with van der Waals surface area (Å²) >= 11 is 7.48. The first-order valence-corrected chi connectivity index (χ1v) is 11.6. The van der Waals surface area contributed by atoms with Crippen LogP contribution < -0.4 is 10.1 Å². The van der Waals surface area contributed by atoms with E-state index in [1.165, 1.54) is 5.56 Å². The lowest BCUT2D eigenvalue weighted by atomic mass is 10.1. The molecule has 0 fully saturated rings. The summed E-state index contributed by atoms with van der Waals surface area (Å²) in [6.07, 6.45) is 0.293. The zero-order valence-electron chi connectivity index (χ0n) is 17.7. The van der Waals surface area contributed by atoms with E-state index >= 15 is 0 Å². The molecule has 0 aliphatic carbocycles. The molecule has 6 heteroatoms. The van der Waals surface area contributed by atoms with Crippen molar-refractivity contribution in [3.05, 3.63) is 94.3 Å². The number of hydrogen-bond acceptors (Lipinski definition) is 4.